The minimum Gasteiger partial charge on any atom is -0.377 e. The van der Waals surface area contributed by atoms with E-state index in [1.165, 1.54) is 0 Å². The van der Waals surface area contributed by atoms with Gasteiger partial charge < -0.3 is 20.3 Å². The average Bonchev–Trinajstić information content (AvgIpc) is 2.80. The zero-order chi connectivity index (χ0) is 14.8. The van der Waals surface area contributed by atoms with Gasteiger partial charge in [-0.15, -0.1) is 0 Å². The van der Waals surface area contributed by atoms with Crippen molar-refractivity contribution in [3.8, 4) is 0 Å². The van der Waals surface area contributed by atoms with Crippen LogP contribution in [0.1, 0.15) is 31.9 Å². The monoisotopic (exact) mass is 289 g/mol. The van der Waals surface area contributed by atoms with Crippen molar-refractivity contribution in [3.05, 3.63) is 23.8 Å². The van der Waals surface area contributed by atoms with Crippen molar-refractivity contribution in [2.24, 2.45) is 0 Å². The summed E-state index contributed by atoms with van der Waals surface area (Å²) in [5, 5.41) is 6.29. The van der Waals surface area contributed by atoms with Crippen LogP contribution in [0.25, 0.3) is 0 Å². The normalized spacial score (nSPS) is 24.9. The van der Waals surface area contributed by atoms with Crippen LogP contribution in [-0.4, -0.2) is 38.3 Å². The number of nitrogens with one attached hydrogen (secondary N) is 2. The minimum absolute atomic E-state index is 0.0469. The zero-order valence-corrected chi connectivity index (χ0v) is 12.7. The molecule has 2 heterocycles. The highest BCUT2D eigenvalue weighted by Gasteiger charge is 2.30. The molecular formula is C16H23N3O2. The largest absolute Gasteiger partial charge is 0.377 e. The summed E-state index contributed by atoms with van der Waals surface area (Å²) in [7, 11) is 0. The summed E-state index contributed by atoms with van der Waals surface area (Å²) < 4.78 is 5.48. The number of carbonyl (C=O) groups is 1. The Morgan fingerprint density at radius 2 is 2.33 bits per heavy atom. The molecular weight excluding hydrogens is 266 g/mol. The minimum atomic E-state index is -0.212. The van der Waals surface area contributed by atoms with Gasteiger partial charge in [-0.25, -0.2) is 0 Å². The number of amides is 1. The van der Waals surface area contributed by atoms with Gasteiger partial charge in [-0.1, -0.05) is 13.0 Å². The summed E-state index contributed by atoms with van der Waals surface area (Å²) in [6.45, 7) is 7.52. The van der Waals surface area contributed by atoms with Crippen molar-refractivity contribution in [1.29, 1.82) is 0 Å². The molecule has 2 aliphatic heterocycles. The Bertz CT molecular complexity index is 532. The van der Waals surface area contributed by atoms with Gasteiger partial charge in [0.15, 0.2) is 0 Å². The third kappa shape index (κ3) is 2.76. The number of hydrogen-bond donors (Lipinski definition) is 2. The van der Waals surface area contributed by atoms with Crippen LogP contribution in [0.5, 0.6) is 0 Å². The van der Waals surface area contributed by atoms with Gasteiger partial charge in [-0.3, -0.25) is 4.79 Å². The summed E-state index contributed by atoms with van der Waals surface area (Å²) in [5.41, 5.74) is 3.14. The molecule has 5 nitrogen and oxygen atoms in total. The van der Waals surface area contributed by atoms with Gasteiger partial charge in [-0.05, 0) is 32.0 Å². The molecule has 1 aromatic rings. The van der Waals surface area contributed by atoms with E-state index in [0.29, 0.717) is 6.04 Å². The van der Waals surface area contributed by atoms with Gasteiger partial charge in [0.2, 0.25) is 5.91 Å². The summed E-state index contributed by atoms with van der Waals surface area (Å²) in [4.78, 5) is 14.4. The molecule has 21 heavy (non-hydrogen) atoms. The maximum atomic E-state index is 12.1. The Balaban J connectivity index is 1.82. The van der Waals surface area contributed by atoms with Crippen molar-refractivity contribution in [2.75, 3.05) is 36.5 Å². The molecule has 3 rings (SSSR count). The van der Waals surface area contributed by atoms with Crippen molar-refractivity contribution < 1.29 is 9.53 Å². The van der Waals surface area contributed by atoms with Crippen LogP contribution in [0, 0.1) is 0 Å². The molecule has 0 spiro atoms. The van der Waals surface area contributed by atoms with Crippen molar-refractivity contribution in [3.63, 3.8) is 0 Å². The number of hydrogen-bond acceptors (Lipinski definition) is 4. The Labute approximate surface area is 125 Å². The maximum Gasteiger partial charge on any atom is 0.246 e. The van der Waals surface area contributed by atoms with Gasteiger partial charge in [0, 0.05) is 29.5 Å². The van der Waals surface area contributed by atoms with Gasteiger partial charge in [0.1, 0.15) is 6.04 Å². The molecule has 0 bridgehead atoms. The first kappa shape index (κ1) is 14.4. The van der Waals surface area contributed by atoms with E-state index >= 15 is 0 Å². The third-order valence-corrected chi connectivity index (χ3v) is 4.17. The van der Waals surface area contributed by atoms with Gasteiger partial charge in [-0.2, -0.15) is 0 Å². The molecule has 2 unspecified atom stereocenters. The Kier molecular flexibility index (Phi) is 4.12. The molecule has 0 aromatic heterocycles. The van der Waals surface area contributed by atoms with Crippen LogP contribution in [0.15, 0.2) is 18.2 Å². The molecule has 0 radical (unpaired) electrons. The predicted octanol–water partition coefficient (Wildman–Crippen LogP) is 1.90. The Morgan fingerprint density at radius 1 is 1.48 bits per heavy atom. The summed E-state index contributed by atoms with van der Waals surface area (Å²) in [6.07, 6.45) is 1.02. The number of carbonyl (C=O) groups excluding carboxylic acids is 1. The van der Waals surface area contributed by atoms with E-state index < -0.39 is 0 Å². The SMILES string of the molecule is CCCNC1C(=O)Nc2cc(N3CCOCC3C)ccc21. The van der Waals surface area contributed by atoms with E-state index in [-0.39, 0.29) is 11.9 Å². The number of morpholine rings is 1. The van der Waals surface area contributed by atoms with Crippen LogP contribution in [-0.2, 0) is 9.53 Å². The van der Waals surface area contributed by atoms with Crippen molar-refractivity contribution >= 4 is 17.3 Å². The van der Waals surface area contributed by atoms with Crippen LogP contribution in [0.4, 0.5) is 11.4 Å². The topological polar surface area (TPSA) is 53.6 Å². The molecule has 1 aromatic carbocycles. The molecule has 114 valence electrons. The lowest BCUT2D eigenvalue weighted by Crippen LogP contribution is -2.43. The average molecular weight is 289 g/mol. The molecule has 0 aliphatic carbocycles. The second-order valence-electron chi connectivity index (χ2n) is 5.77. The third-order valence-electron chi connectivity index (χ3n) is 4.17. The second-order valence-corrected chi connectivity index (χ2v) is 5.77. The molecule has 2 aliphatic rings. The molecule has 1 fully saturated rings. The molecule has 1 saturated heterocycles. The quantitative estimate of drug-likeness (QED) is 0.889. The van der Waals surface area contributed by atoms with Crippen molar-refractivity contribution in [1.82, 2.24) is 5.32 Å². The fourth-order valence-corrected chi connectivity index (χ4v) is 3.03. The first-order valence-electron chi connectivity index (χ1n) is 7.73. The van der Waals surface area contributed by atoms with Crippen LogP contribution in [0.2, 0.25) is 0 Å². The number of ether oxygens (including phenoxy) is 1. The van der Waals surface area contributed by atoms with Crippen LogP contribution >= 0.6 is 0 Å². The number of fused-ring (bicyclic) bond motifs is 1. The standard InChI is InChI=1S/C16H23N3O2/c1-3-6-17-15-13-5-4-12(9-14(13)18-16(15)20)19-7-8-21-10-11(19)2/h4-5,9,11,15,17H,3,6-8,10H2,1-2H3,(H,18,20). The molecule has 5 heteroatoms. The predicted molar refractivity (Wildman–Crippen MR) is 83.7 cm³/mol. The lowest BCUT2D eigenvalue weighted by atomic mass is 10.1. The molecule has 1 amide bonds. The maximum absolute atomic E-state index is 12.1. The molecule has 2 atom stereocenters. The number of rotatable bonds is 4. The van der Waals surface area contributed by atoms with E-state index in [1.54, 1.807) is 0 Å². The van der Waals surface area contributed by atoms with Gasteiger partial charge in [0.25, 0.3) is 0 Å². The zero-order valence-electron chi connectivity index (χ0n) is 12.7. The summed E-state index contributed by atoms with van der Waals surface area (Å²) >= 11 is 0. The fourth-order valence-electron chi connectivity index (χ4n) is 3.03. The lowest BCUT2D eigenvalue weighted by molar-refractivity contribution is -0.117. The van der Waals surface area contributed by atoms with Gasteiger partial charge >= 0.3 is 0 Å². The number of benzene rings is 1. The van der Waals surface area contributed by atoms with E-state index in [9.17, 15) is 4.79 Å². The molecule has 2 N–H and O–H groups in total. The first-order chi connectivity index (χ1) is 10.2. The highest BCUT2D eigenvalue weighted by Crippen LogP contribution is 2.34. The van der Waals surface area contributed by atoms with Crippen LogP contribution < -0.4 is 15.5 Å². The Morgan fingerprint density at radius 3 is 3.10 bits per heavy atom. The number of nitrogens with zero attached hydrogens (tertiary/aromatic N) is 1. The molecule has 0 saturated carbocycles. The smallest absolute Gasteiger partial charge is 0.246 e. The van der Waals surface area contributed by atoms with E-state index in [4.69, 9.17) is 4.74 Å². The fraction of sp³-hybridized carbons (Fsp3) is 0.562. The highest BCUT2D eigenvalue weighted by molar-refractivity contribution is 6.03. The summed E-state index contributed by atoms with van der Waals surface area (Å²) in [6, 6.07) is 6.42. The second kappa shape index (κ2) is 6.03. The van der Waals surface area contributed by atoms with Gasteiger partial charge in [0.05, 0.1) is 13.2 Å². The highest BCUT2D eigenvalue weighted by atomic mass is 16.5. The Hall–Kier alpha value is -1.59. The van der Waals surface area contributed by atoms with E-state index in [0.717, 1.165) is 49.7 Å². The number of anilines is 2. The van der Waals surface area contributed by atoms with Crippen molar-refractivity contribution in [2.45, 2.75) is 32.4 Å². The summed E-state index contributed by atoms with van der Waals surface area (Å²) in [5.74, 6) is 0.0469. The first-order valence-corrected chi connectivity index (χ1v) is 7.73. The van der Waals surface area contributed by atoms with E-state index in [1.807, 2.05) is 0 Å². The lowest BCUT2D eigenvalue weighted by Gasteiger charge is -2.35. The van der Waals surface area contributed by atoms with E-state index in [2.05, 4.69) is 47.6 Å². The van der Waals surface area contributed by atoms with Crippen LogP contribution in [0.3, 0.4) is 0 Å².